The predicted molar refractivity (Wildman–Crippen MR) is 85.3 cm³/mol. The summed E-state index contributed by atoms with van der Waals surface area (Å²) in [6.45, 7) is 0. The van der Waals surface area contributed by atoms with Crippen LogP contribution in [0.15, 0.2) is 53.0 Å². The first-order valence-electron chi connectivity index (χ1n) is 5.81. The summed E-state index contributed by atoms with van der Waals surface area (Å²) in [6.07, 6.45) is 0. The van der Waals surface area contributed by atoms with Crippen molar-refractivity contribution >= 4 is 43.4 Å². The third-order valence-corrected chi connectivity index (χ3v) is 3.48. The van der Waals surface area contributed by atoms with Crippen LogP contribution in [0.1, 0.15) is 10.4 Å². The van der Waals surface area contributed by atoms with Crippen LogP contribution in [0.4, 0.5) is 11.4 Å². The normalized spacial score (nSPS) is 11.0. The van der Waals surface area contributed by atoms with E-state index in [9.17, 15) is 13.2 Å². The molecular formula is C13H12BrN3O3S. The van der Waals surface area contributed by atoms with Crippen LogP contribution in [0.2, 0.25) is 0 Å². The molecule has 0 aliphatic carbocycles. The fourth-order valence-corrected chi connectivity index (χ4v) is 2.51. The van der Waals surface area contributed by atoms with E-state index >= 15 is 0 Å². The van der Waals surface area contributed by atoms with Gasteiger partial charge in [0.2, 0.25) is 0 Å². The molecule has 0 heterocycles. The summed E-state index contributed by atoms with van der Waals surface area (Å²) in [5, 5.41) is 7.57. The highest BCUT2D eigenvalue weighted by Gasteiger charge is 2.08. The molecule has 0 unspecified atom stereocenters. The lowest BCUT2D eigenvalue weighted by Crippen LogP contribution is -2.21. The monoisotopic (exact) mass is 369 g/mol. The molecule has 0 saturated carbocycles. The number of carbonyl (C=O) groups is 1. The smallest absolute Gasteiger partial charge is 0.296 e. The molecule has 0 radical (unpaired) electrons. The fraction of sp³-hybridized carbons (Fsp3) is 0. The second-order valence-corrected chi connectivity index (χ2v) is 6.40. The molecule has 0 atom stereocenters. The standard InChI is InChI=1S/C13H12BrN3O3S/c14-10-4-1-3-9(7-10)13(18)16-11-5-2-6-12(8-11)17-21(15,19)20/h1-8,17H,(H,16,18)(H2,15,19,20). The Morgan fingerprint density at radius 3 is 2.38 bits per heavy atom. The topological polar surface area (TPSA) is 101 Å². The Bertz CT molecular complexity index is 778. The molecule has 21 heavy (non-hydrogen) atoms. The third-order valence-electron chi connectivity index (χ3n) is 2.47. The molecule has 0 fully saturated rings. The van der Waals surface area contributed by atoms with Crippen LogP contribution < -0.4 is 15.2 Å². The number of rotatable bonds is 4. The van der Waals surface area contributed by atoms with E-state index in [1.165, 1.54) is 12.1 Å². The minimum absolute atomic E-state index is 0.268. The van der Waals surface area contributed by atoms with Crippen molar-refractivity contribution in [3.05, 3.63) is 58.6 Å². The van der Waals surface area contributed by atoms with Crippen LogP contribution in [-0.2, 0) is 10.2 Å². The molecule has 2 aromatic rings. The SMILES string of the molecule is NS(=O)(=O)Nc1cccc(NC(=O)c2cccc(Br)c2)c1. The van der Waals surface area contributed by atoms with Crippen LogP contribution in [0.25, 0.3) is 0 Å². The molecule has 1 amide bonds. The van der Waals surface area contributed by atoms with Crippen LogP contribution >= 0.6 is 15.9 Å². The second kappa shape index (κ2) is 6.25. The van der Waals surface area contributed by atoms with Gasteiger partial charge in [0, 0.05) is 15.7 Å². The molecule has 8 heteroatoms. The number of hydrogen-bond donors (Lipinski definition) is 3. The quantitative estimate of drug-likeness (QED) is 0.770. The van der Waals surface area contributed by atoms with Gasteiger partial charge in [0.05, 0.1) is 5.69 Å². The van der Waals surface area contributed by atoms with Crippen molar-refractivity contribution in [2.45, 2.75) is 0 Å². The van der Waals surface area contributed by atoms with E-state index in [0.717, 1.165) is 4.47 Å². The molecule has 0 saturated heterocycles. The van der Waals surface area contributed by atoms with Gasteiger partial charge < -0.3 is 5.32 Å². The van der Waals surface area contributed by atoms with E-state index in [1.54, 1.807) is 30.3 Å². The maximum absolute atomic E-state index is 12.1. The molecule has 2 aromatic carbocycles. The summed E-state index contributed by atoms with van der Waals surface area (Å²) < 4.78 is 24.9. The number of benzene rings is 2. The van der Waals surface area contributed by atoms with Crippen LogP contribution in [0.3, 0.4) is 0 Å². The Morgan fingerprint density at radius 2 is 1.71 bits per heavy atom. The van der Waals surface area contributed by atoms with Crippen molar-refractivity contribution in [3.63, 3.8) is 0 Å². The van der Waals surface area contributed by atoms with Gasteiger partial charge in [0.1, 0.15) is 0 Å². The summed E-state index contributed by atoms with van der Waals surface area (Å²) in [7, 11) is -3.85. The fourth-order valence-electron chi connectivity index (χ4n) is 1.66. The van der Waals surface area contributed by atoms with Crippen molar-refractivity contribution in [1.29, 1.82) is 0 Å². The lowest BCUT2D eigenvalue weighted by Gasteiger charge is -2.08. The Kier molecular flexibility index (Phi) is 4.61. The van der Waals surface area contributed by atoms with Crippen molar-refractivity contribution < 1.29 is 13.2 Å². The van der Waals surface area contributed by atoms with Crippen LogP contribution in [0, 0.1) is 0 Å². The Labute approximate surface area is 130 Å². The molecule has 0 spiro atoms. The number of nitrogens with two attached hydrogens (primary N) is 1. The molecule has 4 N–H and O–H groups in total. The van der Waals surface area contributed by atoms with Gasteiger partial charge in [-0.1, -0.05) is 28.1 Å². The second-order valence-electron chi connectivity index (χ2n) is 4.19. The summed E-state index contributed by atoms with van der Waals surface area (Å²) >= 11 is 3.29. The van der Waals surface area contributed by atoms with E-state index in [2.05, 4.69) is 26.0 Å². The minimum atomic E-state index is -3.85. The Hall–Kier alpha value is -1.90. The van der Waals surface area contributed by atoms with Crippen LogP contribution in [0.5, 0.6) is 0 Å². The molecule has 6 nitrogen and oxygen atoms in total. The molecule has 110 valence electrons. The van der Waals surface area contributed by atoms with Crippen molar-refractivity contribution in [2.24, 2.45) is 5.14 Å². The molecule has 0 aliphatic heterocycles. The number of nitrogens with one attached hydrogen (secondary N) is 2. The molecule has 2 rings (SSSR count). The first kappa shape index (κ1) is 15.5. The average molecular weight is 370 g/mol. The van der Waals surface area contributed by atoms with E-state index < -0.39 is 10.2 Å². The summed E-state index contributed by atoms with van der Waals surface area (Å²) in [6, 6.07) is 13.2. The van der Waals surface area contributed by atoms with Crippen molar-refractivity contribution in [3.8, 4) is 0 Å². The molecular weight excluding hydrogens is 358 g/mol. The molecule has 0 aromatic heterocycles. The van der Waals surface area contributed by atoms with Gasteiger partial charge >= 0.3 is 0 Å². The number of hydrogen-bond acceptors (Lipinski definition) is 3. The van der Waals surface area contributed by atoms with Gasteiger partial charge in [-0.15, -0.1) is 0 Å². The van der Waals surface area contributed by atoms with Gasteiger partial charge in [-0.05, 0) is 36.4 Å². The zero-order valence-corrected chi connectivity index (χ0v) is 13.1. The third kappa shape index (κ3) is 4.85. The van der Waals surface area contributed by atoms with Crippen molar-refractivity contribution in [1.82, 2.24) is 0 Å². The summed E-state index contributed by atoms with van der Waals surface area (Å²) in [5.74, 6) is -0.302. The Morgan fingerprint density at radius 1 is 1.05 bits per heavy atom. The zero-order chi connectivity index (χ0) is 15.5. The average Bonchev–Trinajstić information content (AvgIpc) is 2.37. The first-order valence-corrected chi connectivity index (χ1v) is 8.15. The number of amides is 1. The number of anilines is 2. The lowest BCUT2D eigenvalue weighted by molar-refractivity contribution is 0.102. The highest BCUT2D eigenvalue weighted by molar-refractivity contribution is 9.10. The molecule has 0 bridgehead atoms. The number of carbonyl (C=O) groups excluding carboxylic acids is 1. The first-order chi connectivity index (χ1) is 9.83. The minimum Gasteiger partial charge on any atom is -0.322 e. The number of halogens is 1. The lowest BCUT2D eigenvalue weighted by atomic mass is 10.2. The van der Waals surface area contributed by atoms with Gasteiger partial charge in [0.15, 0.2) is 0 Å². The Balaban J connectivity index is 2.16. The highest BCUT2D eigenvalue weighted by atomic mass is 79.9. The van der Waals surface area contributed by atoms with Gasteiger partial charge in [-0.2, -0.15) is 8.42 Å². The summed E-state index contributed by atoms with van der Waals surface area (Å²) in [5.41, 5.74) is 1.20. The zero-order valence-electron chi connectivity index (χ0n) is 10.7. The molecule has 0 aliphatic rings. The van der Waals surface area contributed by atoms with E-state index in [-0.39, 0.29) is 11.6 Å². The van der Waals surface area contributed by atoms with Gasteiger partial charge in [0.25, 0.3) is 16.1 Å². The van der Waals surface area contributed by atoms with E-state index in [1.807, 2.05) is 6.07 Å². The highest BCUT2D eigenvalue weighted by Crippen LogP contribution is 2.18. The van der Waals surface area contributed by atoms with E-state index in [4.69, 9.17) is 5.14 Å². The van der Waals surface area contributed by atoms with Crippen LogP contribution in [-0.4, -0.2) is 14.3 Å². The predicted octanol–water partition coefficient (Wildman–Crippen LogP) is 2.32. The maximum Gasteiger partial charge on any atom is 0.296 e. The summed E-state index contributed by atoms with van der Waals surface area (Å²) in [4.78, 5) is 12.1. The van der Waals surface area contributed by atoms with Gasteiger partial charge in [-0.25, -0.2) is 5.14 Å². The van der Waals surface area contributed by atoms with Crippen molar-refractivity contribution in [2.75, 3.05) is 10.0 Å². The van der Waals surface area contributed by atoms with E-state index in [0.29, 0.717) is 11.3 Å². The van der Waals surface area contributed by atoms with Gasteiger partial charge in [-0.3, -0.25) is 9.52 Å². The largest absolute Gasteiger partial charge is 0.322 e. The maximum atomic E-state index is 12.1.